The second-order valence-electron chi connectivity index (χ2n) is 0.727. The quantitative estimate of drug-likeness (QED) is 0.220. The Balaban J connectivity index is 2.99. The van der Waals surface area contributed by atoms with Crippen molar-refractivity contribution in [2.24, 2.45) is 11.6 Å². The summed E-state index contributed by atoms with van der Waals surface area (Å²) in [6, 6.07) is 0. The Kier molecular flexibility index (Phi) is 2.35. The highest BCUT2D eigenvalue weighted by molar-refractivity contribution is 5.76. The highest BCUT2D eigenvalue weighted by atomic mass is 16.2. The molecule has 0 aliphatic carbocycles. The number of nitrogens with zero attached hydrogens (tertiary/aromatic N) is 1. The smallest absolute Gasteiger partial charge is 0.270 e. The lowest BCUT2D eigenvalue weighted by Crippen LogP contribution is -2.28. The SMILES string of the molecule is NCC(=O)[N]N. The summed E-state index contributed by atoms with van der Waals surface area (Å²) in [4.78, 5) is 9.76. The summed E-state index contributed by atoms with van der Waals surface area (Å²) >= 11 is 0. The van der Waals surface area contributed by atoms with E-state index in [1.807, 2.05) is 0 Å². The molecule has 0 aliphatic rings. The molecule has 0 saturated carbocycles. The largest absolute Gasteiger partial charge is 0.322 e. The Bertz CT molecular complexity index is 46.8. The van der Waals surface area contributed by atoms with E-state index in [2.05, 4.69) is 11.3 Å². The van der Waals surface area contributed by atoms with Crippen LogP contribution in [0.1, 0.15) is 0 Å². The fourth-order valence-corrected chi connectivity index (χ4v) is 0.0527. The van der Waals surface area contributed by atoms with Crippen LogP contribution in [0, 0.1) is 0 Å². The molecule has 0 aromatic carbocycles. The number of rotatable bonds is 1. The fraction of sp³-hybridized carbons (Fsp3) is 0.500. The van der Waals surface area contributed by atoms with Crippen LogP contribution >= 0.6 is 0 Å². The molecule has 0 rings (SSSR count). The van der Waals surface area contributed by atoms with Gasteiger partial charge in [-0.05, 0) is 0 Å². The van der Waals surface area contributed by atoms with Gasteiger partial charge in [-0.2, -0.15) is 5.43 Å². The van der Waals surface area contributed by atoms with Crippen LogP contribution in [0.15, 0.2) is 0 Å². The Morgan fingerprint density at radius 1 is 1.83 bits per heavy atom. The van der Waals surface area contributed by atoms with Crippen LogP contribution in [0.5, 0.6) is 0 Å². The molecule has 0 heterocycles. The molecule has 4 N–H and O–H groups in total. The zero-order valence-corrected chi connectivity index (χ0v) is 3.22. The van der Waals surface area contributed by atoms with E-state index in [0.29, 0.717) is 0 Å². The second kappa shape index (κ2) is 2.62. The first-order chi connectivity index (χ1) is 2.81. The minimum absolute atomic E-state index is 0.101. The van der Waals surface area contributed by atoms with Gasteiger partial charge in [0, 0.05) is 0 Å². The summed E-state index contributed by atoms with van der Waals surface area (Å²) in [6.45, 7) is -0.101. The third kappa shape index (κ3) is 1.68. The van der Waals surface area contributed by atoms with Gasteiger partial charge in [0.05, 0.1) is 6.54 Å². The van der Waals surface area contributed by atoms with Gasteiger partial charge < -0.3 is 5.73 Å². The highest BCUT2D eigenvalue weighted by Gasteiger charge is 1.88. The fourth-order valence-electron chi connectivity index (χ4n) is 0.0527. The molecule has 1 amide bonds. The standard InChI is InChI=1S/C2H6N3O/c3-1-2(6)5-4/h1,3-4H2. The third-order valence-electron chi connectivity index (χ3n) is 0.319. The highest BCUT2D eigenvalue weighted by Crippen LogP contribution is 1.47. The Hall–Kier alpha value is -0.610. The summed E-state index contributed by atoms with van der Waals surface area (Å²) < 4.78 is 0. The average molecular weight is 88.1 g/mol. The van der Waals surface area contributed by atoms with Gasteiger partial charge in [0.15, 0.2) is 0 Å². The summed E-state index contributed by atoms with van der Waals surface area (Å²) in [5, 5.41) is 0. The molecule has 0 unspecified atom stereocenters. The number of amides is 1. The Labute approximate surface area is 35.5 Å². The number of hydrogen-bond donors (Lipinski definition) is 2. The van der Waals surface area contributed by atoms with Crippen molar-refractivity contribution in [1.82, 2.24) is 5.43 Å². The van der Waals surface area contributed by atoms with Crippen LogP contribution in [0.4, 0.5) is 0 Å². The summed E-state index contributed by atoms with van der Waals surface area (Å²) in [6.07, 6.45) is 0. The minimum atomic E-state index is -0.477. The molecular formula is C2H6N3O. The molecule has 0 aromatic heterocycles. The van der Waals surface area contributed by atoms with Crippen molar-refractivity contribution in [2.75, 3.05) is 6.54 Å². The predicted molar refractivity (Wildman–Crippen MR) is 20.4 cm³/mol. The normalized spacial score (nSPS) is 7.67. The Morgan fingerprint density at radius 2 is 2.33 bits per heavy atom. The number of carbonyl (C=O) groups is 1. The van der Waals surface area contributed by atoms with Crippen molar-refractivity contribution in [3.05, 3.63) is 0 Å². The van der Waals surface area contributed by atoms with Crippen LogP contribution in [0.3, 0.4) is 0 Å². The molecule has 4 nitrogen and oxygen atoms in total. The van der Waals surface area contributed by atoms with E-state index in [0.717, 1.165) is 0 Å². The monoisotopic (exact) mass is 88.1 g/mol. The third-order valence-corrected chi connectivity index (χ3v) is 0.319. The number of carbonyl (C=O) groups excluding carboxylic acids is 1. The number of nitrogens with two attached hydrogens (primary N) is 2. The average Bonchev–Trinajstić information content (AvgIpc) is 1.65. The molecule has 0 spiro atoms. The van der Waals surface area contributed by atoms with Gasteiger partial charge in [-0.15, -0.1) is 0 Å². The molecule has 0 saturated heterocycles. The van der Waals surface area contributed by atoms with E-state index in [9.17, 15) is 4.79 Å². The molecule has 0 fully saturated rings. The minimum Gasteiger partial charge on any atom is -0.322 e. The zero-order chi connectivity index (χ0) is 4.99. The summed E-state index contributed by atoms with van der Waals surface area (Å²) in [5.41, 5.74) is 7.50. The number of hydrogen-bond acceptors (Lipinski definition) is 3. The lowest BCUT2D eigenvalue weighted by molar-refractivity contribution is -0.120. The first kappa shape index (κ1) is 5.39. The topological polar surface area (TPSA) is 83.2 Å². The van der Waals surface area contributed by atoms with Crippen LogP contribution < -0.4 is 17.0 Å². The predicted octanol–water partition coefficient (Wildman–Crippen LogP) is -2.05. The van der Waals surface area contributed by atoms with Crippen molar-refractivity contribution < 1.29 is 4.79 Å². The van der Waals surface area contributed by atoms with E-state index in [1.54, 1.807) is 0 Å². The van der Waals surface area contributed by atoms with E-state index >= 15 is 0 Å². The molecule has 0 atom stereocenters. The van der Waals surface area contributed by atoms with E-state index in [1.165, 1.54) is 0 Å². The molecule has 4 heteroatoms. The van der Waals surface area contributed by atoms with Crippen LogP contribution in [-0.2, 0) is 4.79 Å². The maximum absolute atomic E-state index is 9.76. The van der Waals surface area contributed by atoms with Crippen molar-refractivity contribution >= 4 is 5.91 Å². The summed E-state index contributed by atoms with van der Waals surface area (Å²) in [5.74, 6) is 4.00. The summed E-state index contributed by atoms with van der Waals surface area (Å²) in [7, 11) is 0. The lowest BCUT2D eigenvalue weighted by Gasteiger charge is -1.82. The molecule has 0 bridgehead atoms. The maximum Gasteiger partial charge on any atom is 0.270 e. The van der Waals surface area contributed by atoms with Crippen molar-refractivity contribution in [1.29, 1.82) is 0 Å². The Morgan fingerprint density at radius 3 is 2.33 bits per heavy atom. The van der Waals surface area contributed by atoms with Crippen molar-refractivity contribution in [3.8, 4) is 0 Å². The van der Waals surface area contributed by atoms with Gasteiger partial charge in [0.2, 0.25) is 0 Å². The molecule has 35 valence electrons. The van der Waals surface area contributed by atoms with Gasteiger partial charge >= 0.3 is 0 Å². The van der Waals surface area contributed by atoms with Gasteiger partial charge in [0.1, 0.15) is 0 Å². The molecule has 1 radical (unpaired) electrons. The first-order valence-electron chi connectivity index (χ1n) is 1.45. The van der Waals surface area contributed by atoms with Crippen molar-refractivity contribution in [2.45, 2.75) is 0 Å². The zero-order valence-electron chi connectivity index (χ0n) is 3.22. The van der Waals surface area contributed by atoms with Gasteiger partial charge in [0.25, 0.3) is 5.91 Å². The van der Waals surface area contributed by atoms with Crippen LogP contribution in [0.25, 0.3) is 0 Å². The second-order valence-corrected chi connectivity index (χ2v) is 0.727. The van der Waals surface area contributed by atoms with Gasteiger partial charge in [-0.1, -0.05) is 0 Å². The van der Waals surface area contributed by atoms with E-state index < -0.39 is 5.91 Å². The van der Waals surface area contributed by atoms with Gasteiger partial charge in [-0.3, -0.25) is 4.79 Å². The molecule has 0 aliphatic heterocycles. The van der Waals surface area contributed by atoms with E-state index in [4.69, 9.17) is 5.73 Å². The van der Waals surface area contributed by atoms with Crippen LogP contribution in [0.2, 0.25) is 0 Å². The van der Waals surface area contributed by atoms with Crippen molar-refractivity contribution in [3.63, 3.8) is 0 Å². The van der Waals surface area contributed by atoms with Gasteiger partial charge in [-0.25, -0.2) is 5.84 Å². The molecule has 6 heavy (non-hydrogen) atoms. The van der Waals surface area contributed by atoms with E-state index in [-0.39, 0.29) is 6.54 Å². The van der Waals surface area contributed by atoms with Crippen LogP contribution in [-0.4, -0.2) is 12.5 Å². The molecule has 0 aromatic rings. The lowest BCUT2D eigenvalue weighted by atomic mass is 10.7. The maximum atomic E-state index is 9.76. The molecular weight excluding hydrogens is 82.0 g/mol. The first-order valence-corrected chi connectivity index (χ1v) is 1.45.